The van der Waals surface area contributed by atoms with Gasteiger partial charge in [0.05, 0.1) is 0 Å². The number of pyridine rings is 1. The fraction of sp³-hybridized carbons (Fsp3) is 0.294. The smallest absolute Gasteiger partial charge is 0.435 e. The highest BCUT2D eigenvalue weighted by atomic mass is 32.2. The number of hydrogen-bond donors (Lipinski definition) is 0. The molecular weight excluding hydrogens is 413 g/mol. The molecule has 0 amide bonds. The number of oxazole rings is 1. The Hall–Kier alpha value is -2.30. The van der Waals surface area contributed by atoms with E-state index in [0.717, 1.165) is 6.07 Å². The van der Waals surface area contributed by atoms with E-state index in [0.29, 0.717) is 22.8 Å². The van der Waals surface area contributed by atoms with Crippen molar-refractivity contribution in [3.63, 3.8) is 0 Å². The third kappa shape index (κ3) is 3.31. The molecule has 2 heterocycles. The average molecular weight is 424 g/mol. The Morgan fingerprint density at radius 2 is 1.68 bits per heavy atom. The van der Waals surface area contributed by atoms with Crippen molar-refractivity contribution in [1.82, 2.24) is 9.97 Å². The van der Waals surface area contributed by atoms with Crippen LogP contribution in [0.2, 0.25) is 0 Å². The van der Waals surface area contributed by atoms with Crippen LogP contribution in [-0.4, -0.2) is 28.1 Å². The molecule has 28 heavy (non-hydrogen) atoms. The van der Waals surface area contributed by atoms with Crippen LogP contribution in [0.15, 0.2) is 45.8 Å². The minimum atomic E-state index is -6.20. The lowest BCUT2D eigenvalue weighted by atomic mass is 9.94. The molecule has 0 aliphatic rings. The normalized spacial score (nSPS) is 13.3. The van der Waals surface area contributed by atoms with E-state index in [9.17, 15) is 30.7 Å². The third-order valence-corrected chi connectivity index (χ3v) is 4.77. The van der Waals surface area contributed by atoms with E-state index in [4.69, 9.17) is 4.42 Å². The second kappa shape index (κ2) is 6.94. The molecule has 11 heteroatoms. The second-order valence-electron chi connectivity index (χ2n) is 5.64. The predicted octanol–water partition coefficient (Wildman–Crippen LogP) is 6.29. The van der Waals surface area contributed by atoms with Gasteiger partial charge in [-0.05, 0) is 30.0 Å². The molecule has 0 N–H and O–H groups in total. The molecule has 150 valence electrons. The Balaban J connectivity index is 2.14. The van der Waals surface area contributed by atoms with Gasteiger partial charge >= 0.3 is 18.0 Å². The van der Waals surface area contributed by atoms with Crippen LogP contribution < -0.4 is 0 Å². The van der Waals surface area contributed by atoms with Crippen molar-refractivity contribution in [3.05, 3.63) is 42.1 Å². The molecule has 0 fully saturated rings. The van der Waals surface area contributed by atoms with Gasteiger partial charge in [-0.1, -0.05) is 13.0 Å². The van der Waals surface area contributed by atoms with Crippen molar-refractivity contribution in [2.24, 2.45) is 0 Å². The largest absolute Gasteiger partial charge is 0.435 e. The monoisotopic (exact) mass is 424 g/mol. The number of alkyl halides is 7. The molecular formula is C17H11F7N2OS. The number of aromatic nitrogens is 2. The minimum Gasteiger partial charge on any atom is -0.435 e. The number of thioether (sulfide) groups is 1. The van der Waals surface area contributed by atoms with Crippen LogP contribution in [0, 0.1) is 0 Å². The van der Waals surface area contributed by atoms with Crippen LogP contribution in [0.4, 0.5) is 30.7 Å². The minimum absolute atomic E-state index is 0.0245. The van der Waals surface area contributed by atoms with Gasteiger partial charge in [-0.25, -0.2) is 14.4 Å². The van der Waals surface area contributed by atoms with Crippen molar-refractivity contribution < 1.29 is 35.2 Å². The van der Waals surface area contributed by atoms with Gasteiger partial charge in [0, 0.05) is 16.7 Å². The molecule has 3 nitrogen and oxygen atoms in total. The first kappa shape index (κ1) is 20.4. The Morgan fingerprint density at radius 1 is 1.00 bits per heavy atom. The molecule has 1 aromatic carbocycles. The van der Waals surface area contributed by atoms with Gasteiger partial charge < -0.3 is 4.42 Å². The Bertz CT molecular complexity index is 983. The van der Waals surface area contributed by atoms with E-state index in [1.807, 2.05) is 6.92 Å². The lowest BCUT2D eigenvalue weighted by Gasteiger charge is -2.30. The maximum Gasteiger partial charge on any atom is 0.435 e. The van der Waals surface area contributed by atoms with E-state index >= 15 is 0 Å². The molecule has 3 rings (SSSR count). The molecule has 0 radical (unpaired) electrons. The van der Waals surface area contributed by atoms with Crippen molar-refractivity contribution >= 4 is 22.9 Å². The molecule has 0 aliphatic carbocycles. The highest BCUT2D eigenvalue weighted by Crippen LogP contribution is 2.53. The van der Waals surface area contributed by atoms with Gasteiger partial charge in [-0.2, -0.15) is 26.3 Å². The summed E-state index contributed by atoms with van der Waals surface area (Å²) >= 11 is 1.40. The van der Waals surface area contributed by atoms with E-state index in [1.165, 1.54) is 18.0 Å². The van der Waals surface area contributed by atoms with Gasteiger partial charge in [0.2, 0.25) is 5.89 Å². The number of fused-ring (bicyclic) bond motifs is 1. The highest BCUT2D eigenvalue weighted by molar-refractivity contribution is 7.99. The number of halogens is 7. The summed E-state index contributed by atoms with van der Waals surface area (Å²) in [7, 11) is 0. The molecule has 0 saturated carbocycles. The van der Waals surface area contributed by atoms with Gasteiger partial charge in [-0.15, -0.1) is 11.8 Å². The SMILES string of the molecule is CCSc1cccnc1-c1nc2ccc(C(F)(C(F)(F)F)C(F)(F)F)cc2o1. The average Bonchev–Trinajstić information content (AvgIpc) is 3.02. The van der Waals surface area contributed by atoms with Crippen LogP contribution in [0.3, 0.4) is 0 Å². The Kier molecular flexibility index (Phi) is 5.07. The standard InChI is InChI=1S/C17H11F7N2OS/c1-2-28-12-4-3-7-25-13(12)14-26-10-6-5-9(8-11(10)27-14)15(18,16(19,20)21)17(22,23)24/h3-8H,2H2,1H3. The number of benzene rings is 1. The van der Waals surface area contributed by atoms with Crippen molar-refractivity contribution in [3.8, 4) is 11.6 Å². The van der Waals surface area contributed by atoms with Gasteiger partial charge in [0.1, 0.15) is 11.2 Å². The first-order valence-corrected chi connectivity index (χ1v) is 8.79. The zero-order valence-electron chi connectivity index (χ0n) is 14.0. The lowest BCUT2D eigenvalue weighted by Crippen LogP contribution is -2.50. The second-order valence-corrected chi connectivity index (χ2v) is 6.94. The number of hydrogen-bond acceptors (Lipinski definition) is 4. The predicted molar refractivity (Wildman–Crippen MR) is 88.5 cm³/mol. The maximum absolute atomic E-state index is 14.2. The quantitative estimate of drug-likeness (QED) is 0.364. The van der Waals surface area contributed by atoms with Crippen LogP contribution in [-0.2, 0) is 5.67 Å². The summed E-state index contributed by atoms with van der Waals surface area (Å²) in [6, 6.07) is 4.99. The molecule has 0 spiro atoms. The summed E-state index contributed by atoms with van der Waals surface area (Å²) in [5, 5.41) is 0. The number of rotatable bonds is 4. The summed E-state index contributed by atoms with van der Waals surface area (Å²) in [5.41, 5.74) is -7.32. The van der Waals surface area contributed by atoms with Crippen molar-refractivity contribution in [2.45, 2.75) is 29.8 Å². The Morgan fingerprint density at radius 3 is 2.29 bits per heavy atom. The van der Waals surface area contributed by atoms with Crippen LogP contribution in [0.5, 0.6) is 0 Å². The van der Waals surface area contributed by atoms with Crippen molar-refractivity contribution in [1.29, 1.82) is 0 Å². The maximum atomic E-state index is 14.2. The summed E-state index contributed by atoms with van der Waals surface area (Å²) < 4.78 is 97.2. The highest BCUT2D eigenvalue weighted by Gasteiger charge is 2.73. The third-order valence-electron chi connectivity index (χ3n) is 3.84. The van der Waals surface area contributed by atoms with Crippen LogP contribution in [0.25, 0.3) is 22.7 Å². The molecule has 0 atom stereocenters. The number of nitrogens with zero attached hydrogens (tertiary/aromatic N) is 2. The lowest BCUT2D eigenvalue weighted by molar-refractivity contribution is -0.348. The summed E-state index contributed by atoms with van der Waals surface area (Å²) in [4.78, 5) is 8.82. The molecule has 3 aromatic rings. The molecule has 0 saturated heterocycles. The van der Waals surface area contributed by atoms with Gasteiger partial charge in [0.15, 0.2) is 5.58 Å². The fourth-order valence-corrected chi connectivity index (χ4v) is 3.31. The Labute approximate surface area is 158 Å². The zero-order chi connectivity index (χ0) is 20.7. The molecule has 0 unspecified atom stereocenters. The summed E-state index contributed by atoms with van der Waals surface area (Å²) in [5.74, 6) is 0.595. The van der Waals surface area contributed by atoms with Gasteiger partial charge in [0.25, 0.3) is 0 Å². The first-order valence-electron chi connectivity index (χ1n) is 7.80. The summed E-state index contributed by atoms with van der Waals surface area (Å²) in [6.07, 6.45) is -11.0. The topological polar surface area (TPSA) is 38.9 Å². The zero-order valence-corrected chi connectivity index (χ0v) is 14.8. The van der Waals surface area contributed by atoms with E-state index in [1.54, 1.807) is 12.1 Å². The van der Waals surface area contributed by atoms with Crippen molar-refractivity contribution in [2.75, 3.05) is 5.75 Å². The van der Waals surface area contributed by atoms with Gasteiger partial charge in [-0.3, -0.25) is 0 Å². The molecule has 2 aromatic heterocycles. The van der Waals surface area contributed by atoms with Crippen LogP contribution in [0.1, 0.15) is 12.5 Å². The molecule has 0 aliphatic heterocycles. The summed E-state index contributed by atoms with van der Waals surface area (Å²) in [6.45, 7) is 1.88. The molecule has 0 bridgehead atoms. The van der Waals surface area contributed by atoms with Crippen LogP contribution >= 0.6 is 11.8 Å². The van der Waals surface area contributed by atoms with E-state index < -0.39 is 29.2 Å². The fourth-order valence-electron chi connectivity index (χ4n) is 2.55. The van der Waals surface area contributed by atoms with E-state index in [-0.39, 0.29) is 17.1 Å². The first-order chi connectivity index (χ1) is 13.0. The van der Waals surface area contributed by atoms with E-state index in [2.05, 4.69) is 9.97 Å².